The fourth-order valence-electron chi connectivity index (χ4n) is 3.22. The molecule has 0 bridgehead atoms. The summed E-state index contributed by atoms with van der Waals surface area (Å²) < 4.78 is 0. The average Bonchev–Trinajstić information content (AvgIpc) is 3.12. The Morgan fingerprint density at radius 3 is 2.08 bits per heavy atom. The number of thiophene rings is 1. The summed E-state index contributed by atoms with van der Waals surface area (Å²) in [4.78, 5) is 1.15. The molecular formula is C22H12SY-2. The van der Waals surface area contributed by atoms with Gasteiger partial charge in [0.2, 0.25) is 0 Å². The molecular weight excluding hydrogens is 385 g/mol. The Balaban J connectivity index is 0.00000146. The molecule has 1 heterocycles. The Morgan fingerprint density at radius 2 is 1.38 bits per heavy atom. The van der Waals surface area contributed by atoms with E-state index < -0.39 is 0 Å². The van der Waals surface area contributed by atoms with Crippen LogP contribution in [0.3, 0.4) is 0 Å². The fraction of sp³-hybridized carbons (Fsp3) is 0. The molecule has 0 aliphatic rings. The fourth-order valence-corrected chi connectivity index (χ4v) is 3.92. The van der Waals surface area contributed by atoms with Crippen molar-refractivity contribution in [2.24, 2.45) is 0 Å². The number of rotatable bonds is 1. The normalized spacial score (nSPS) is 11.0. The van der Waals surface area contributed by atoms with Crippen molar-refractivity contribution in [2.75, 3.05) is 0 Å². The van der Waals surface area contributed by atoms with Crippen molar-refractivity contribution in [2.45, 2.75) is 0 Å². The molecule has 0 spiro atoms. The molecule has 0 saturated heterocycles. The summed E-state index contributed by atoms with van der Waals surface area (Å²) in [6.45, 7) is 0. The SMILES string of the molecule is [Y].[c-]1ccsc1-c1[c-]ccc2cc3cc4ccccc4cc3cc12. The van der Waals surface area contributed by atoms with E-state index in [1.54, 1.807) is 11.3 Å². The van der Waals surface area contributed by atoms with Crippen molar-refractivity contribution in [3.8, 4) is 10.4 Å². The van der Waals surface area contributed by atoms with Gasteiger partial charge in [0.1, 0.15) is 0 Å². The first kappa shape index (κ1) is 16.0. The third-order valence-corrected chi connectivity index (χ3v) is 5.16. The van der Waals surface area contributed by atoms with E-state index in [2.05, 4.69) is 72.1 Å². The van der Waals surface area contributed by atoms with E-state index in [-0.39, 0.29) is 32.7 Å². The quantitative estimate of drug-likeness (QED) is 0.225. The van der Waals surface area contributed by atoms with Crippen LogP contribution < -0.4 is 0 Å². The van der Waals surface area contributed by atoms with Gasteiger partial charge in [0.25, 0.3) is 0 Å². The molecule has 2 heteroatoms. The summed E-state index contributed by atoms with van der Waals surface area (Å²) in [5.41, 5.74) is 1.15. The first-order valence-electron chi connectivity index (χ1n) is 7.61. The average molecular weight is 397 g/mol. The maximum absolute atomic E-state index is 3.39. The van der Waals surface area contributed by atoms with Crippen molar-refractivity contribution >= 4 is 43.7 Å². The summed E-state index contributed by atoms with van der Waals surface area (Å²) in [6.07, 6.45) is 0. The van der Waals surface area contributed by atoms with Gasteiger partial charge >= 0.3 is 0 Å². The molecule has 0 aliphatic carbocycles. The minimum absolute atomic E-state index is 0. The summed E-state index contributed by atoms with van der Waals surface area (Å²) in [5, 5.41) is 9.68. The first-order chi connectivity index (χ1) is 11.4. The largest absolute Gasteiger partial charge is 0.290 e. The van der Waals surface area contributed by atoms with Crippen molar-refractivity contribution in [1.29, 1.82) is 0 Å². The Morgan fingerprint density at radius 1 is 0.667 bits per heavy atom. The second-order valence-corrected chi connectivity index (χ2v) is 6.65. The molecule has 5 aromatic rings. The molecule has 0 saturated carbocycles. The minimum atomic E-state index is 0. The van der Waals surface area contributed by atoms with Gasteiger partial charge in [0, 0.05) is 32.7 Å². The molecule has 0 unspecified atom stereocenters. The smallest absolute Gasteiger partial charge is 0 e. The van der Waals surface area contributed by atoms with E-state index in [0.717, 1.165) is 10.4 Å². The molecule has 4 aromatic carbocycles. The number of hydrogen-bond donors (Lipinski definition) is 0. The van der Waals surface area contributed by atoms with Crippen molar-refractivity contribution in [3.05, 3.63) is 84.2 Å². The second kappa shape index (κ2) is 6.40. The predicted molar refractivity (Wildman–Crippen MR) is 99.9 cm³/mol. The summed E-state index contributed by atoms with van der Waals surface area (Å²) >= 11 is 1.71. The van der Waals surface area contributed by atoms with Crippen LogP contribution in [-0.4, -0.2) is 0 Å². The van der Waals surface area contributed by atoms with Crippen LogP contribution in [0.1, 0.15) is 0 Å². The van der Waals surface area contributed by atoms with Gasteiger partial charge in [-0.2, -0.15) is 22.4 Å². The van der Waals surface area contributed by atoms with Crippen LogP contribution in [0.2, 0.25) is 0 Å². The summed E-state index contributed by atoms with van der Waals surface area (Å²) in [7, 11) is 0. The zero-order valence-electron chi connectivity index (χ0n) is 12.9. The van der Waals surface area contributed by atoms with Gasteiger partial charge < -0.3 is 0 Å². The van der Waals surface area contributed by atoms with Gasteiger partial charge in [0.05, 0.1) is 0 Å². The van der Waals surface area contributed by atoms with Gasteiger partial charge in [-0.05, 0) is 33.7 Å². The van der Waals surface area contributed by atoms with Crippen LogP contribution in [-0.2, 0) is 32.7 Å². The third kappa shape index (κ3) is 2.61. The maximum atomic E-state index is 3.39. The molecule has 0 fully saturated rings. The molecule has 1 aromatic heterocycles. The molecule has 0 atom stereocenters. The Kier molecular flexibility index (Phi) is 4.26. The Labute approximate surface area is 170 Å². The van der Waals surface area contributed by atoms with Gasteiger partial charge in [-0.3, -0.25) is 11.3 Å². The van der Waals surface area contributed by atoms with Gasteiger partial charge in [-0.1, -0.05) is 30.3 Å². The molecule has 0 nitrogen and oxygen atoms in total. The predicted octanol–water partition coefficient (Wildman–Crippen LogP) is 6.47. The topological polar surface area (TPSA) is 0 Å². The van der Waals surface area contributed by atoms with Crippen LogP contribution in [0.25, 0.3) is 42.8 Å². The summed E-state index contributed by atoms with van der Waals surface area (Å²) in [6, 6.07) is 30.5. The molecule has 0 amide bonds. The van der Waals surface area contributed by atoms with E-state index >= 15 is 0 Å². The third-order valence-electron chi connectivity index (χ3n) is 4.33. The zero-order chi connectivity index (χ0) is 15.2. The first-order valence-corrected chi connectivity index (χ1v) is 8.49. The van der Waals surface area contributed by atoms with Gasteiger partial charge in [-0.25, -0.2) is 17.7 Å². The maximum Gasteiger partial charge on any atom is 0 e. The number of hydrogen-bond acceptors (Lipinski definition) is 1. The van der Waals surface area contributed by atoms with Crippen LogP contribution in [0.5, 0.6) is 0 Å². The van der Waals surface area contributed by atoms with Crippen LogP contribution in [0.4, 0.5) is 0 Å². The Hall–Kier alpha value is -1.54. The van der Waals surface area contributed by atoms with E-state index in [1.807, 2.05) is 12.1 Å². The molecule has 1 radical (unpaired) electrons. The van der Waals surface area contributed by atoms with Crippen molar-refractivity contribution < 1.29 is 32.7 Å². The van der Waals surface area contributed by atoms with Gasteiger partial charge in [0.15, 0.2) is 0 Å². The molecule has 111 valence electrons. The van der Waals surface area contributed by atoms with Gasteiger partial charge in [-0.15, -0.1) is 22.9 Å². The zero-order valence-corrected chi connectivity index (χ0v) is 16.6. The van der Waals surface area contributed by atoms with Crippen LogP contribution in [0.15, 0.2) is 72.1 Å². The van der Waals surface area contributed by atoms with E-state index in [1.165, 1.54) is 32.3 Å². The van der Waals surface area contributed by atoms with E-state index in [4.69, 9.17) is 0 Å². The van der Waals surface area contributed by atoms with Crippen LogP contribution >= 0.6 is 11.3 Å². The molecule has 0 N–H and O–H groups in total. The van der Waals surface area contributed by atoms with Crippen LogP contribution in [0, 0.1) is 12.1 Å². The monoisotopic (exact) mass is 397 g/mol. The standard InChI is InChI=1S/C22H12S.Y/c1-2-6-16-12-19-14-21-17(13-18(19)11-15(16)5-1)7-3-8-20(21)22-9-4-10-23-22;/h1-7,10-14H;/q-2;. The number of fused-ring (bicyclic) bond motifs is 3. The number of benzene rings is 4. The van der Waals surface area contributed by atoms with Crippen molar-refractivity contribution in [3.63, 3.8) is 0 Å². The van der Waals surface area contributed by atoms with Crippen molar-refractivity contribution in [1.82, 2.24) is 0 Å². The molecule has 24 heavy (non-hydrogen) atoms. The molecule has 5 rings (SSSR count). The molecule has 0 aliphatic heterocycles. The minimum Gasteiger partial charge on any atom is -0.290 e. The Bertz CT molecular complexity index is 1160. The summed E-state index contributed by atoms with van der Waals surface area (Å²) in [5.74, 6) is 0. The second-order valence-electron chi connectivity index (χ2n) is 5.73. The van der Waals surface area contributed by atoms with E-state index in [0.29, 0.717) is 0 Å². The van der Waals surface area contributed by atoms with E-state index in [9.17, 15) is 0 Å².